The van der Waals surface area contributed by atoms with Crippen LogP contribution in [0.5, 0.6) is 11.5 Å². The molecule has 1 aliphatic rings. The van der Waals surface area contributed by atoms with Gasteiger partial charge < -0.3 is 20.1 Å². The van der Waals surface area contributed by atoms with Crippen molar-refractivity contribution in [1.29, 1.82) is 0 Å². The number of aromatic nitrogens is 2. The highest BCUT2D eigenvalue weighted by molar-refractivity contribution is 7.13. The summed E-state index contributed by atoms with van der Waals surface area (Å²) in [5.41, 5.74) is 3.22. The molecule has 7 nitrogen and oxygen atoms in total. The van der Waals surface area contributed by atoms with E-state index in [4.69, 9.17) is 14.6 Å². The number of ether oxygens (including phenoxy) is 2. The minimum Gasteiger partial charge on any atom is -0.493 e. The smallest absolute Gasteiger partial charge is 0.315 e. The lowest BCUT2D eigenvalue weighted by Gasteiger charge is -2.11. The molecule has 0 aliphatic heterocycles. The molecule has 2 amide bonds. The van der Waals surface area contributed by atoms with Crippen LogP contribution in [0.25, 0.3) is 10.6 Å². The van der Waals surface area contributed by atoms with Gasteiger partial charge in [-0.05, 0) is 48.1 Å². The van der Waals surface area contributed by atoms with E-state index in [1.807, 2.05) is 28.9 Å². The zero-order valence-electron chi connectivity index (χ0n) is 17.2. The Kier molecular flexibility index (Phi) is 6.23. The van der Waals surface area contributed by atoms with Crippen LogP contribution >= 0.6 is 11.3 Å². The molecule has 8 heteroatoms. The SMILES string of the molecule is COc1ccc(CNC(=O)NCCn2nc(-c3cccs3)cc2C2CC2)cc1OC. The maximum atomic E-state index is 12.2. The van der Waals surface area contributed by atoms with Crippen molar-refractivity contribution in [3.05, 3.63) is 53.0 Å². The lowest BCUT2D eigenvalue weighted by atomic mass is 10.2. The average molecular weight is 427 g/mol. The van der Waals surface area contributed by atoms with Crippen molar-refractivity contribution in [2.24, 2.45) is 0 Å². The first kappa shape index (κ1) is 20.3. The van der Waals surface area contributed by atoms with Gasteiger partial charge in [-0.1, -0.05) is 12.1 Å². The highest BCUT2D eigenvalue weighted by Gasteiger charge is 2.28. The molecule has 0 atom stereocenters. The molecule has 2 heterocycles. The average Bonchev–Trinajstić information content (AvgIpc) is 3.29. The largest absolute Gasteiger partial charge is 0.493 e. The molecule has 0 bridgehead atoms. The highest BCUT2D eigenvalue weighted by atomic mass is 32.1. The Balaban J connectivity index is 1.29. The van der Waals surface area contributed by atoms with Crippen molar-refractivity contribution < 1.29 is 14.3 Å². The highest BCUT2D eigenvalue weighted by Crippen LogP contribution is 2.41. The van der Waals surface area contributed by atoms with Crippen LogP contribution in [0.1, 0.15) is 30.0 Å². The number of nitrogens with one attached hydrogen (secondary N) is 2. The minimum absolute atomic E-state index is 0.205. The molecule has 1 aromatic carbocycles. The van der Waals surface area contributed by atoms with E-state index >= 15 is 0 Å². The van der Waals surface area contributed by atoms with Gasteiger partial charge in [0.25, 0.3) is 0 Å². The Morgan fingerprint density at radius 2 is 2.00 bits per heavy atom. The summed E-state index contributed by atoms with van der Waals surface area (Å²) in [5, 5.41) is 12.6. The number of thiophene rings is 1. The summed E-state index contributed by atoms with van der Waals surface area (Å²) < 4.78 is 12.6. The molecule has 0 radical (unpaired) electrons. The first-order chi connectivity index (χ1) is 14.7. The van der Waals surface area contributed by atoms with Gasteiger partial charge in [-0.3, -0.25) is 4.68 Å². The lowest BCUT2D eigenvalue weighted by molar-refractivity contribution is 0.240. The van der Waals surface area contributed by atoms with Crippen molar-refractivity contribution in [2.75, 3.05) is 20.8 Å². The van der Waals surface area contributed by atoms with Crippen LogP contribution in [-0.4, -0.2) is 36.6 Å². The third-order valence-corrected chi connectivity index (χ3v) is 5.98. The third-order valence-electron chi connectivity index (χ3n) is 5.09. The third kappa shape index (κ3) is 4.76. The van der Waals surface area contributed by atoms with Gasteiger partial charge in [0, 0.05) is 24.7 Å². The molecule has 158 valence electrons. The van der Waals surface area contributed by atoms with Crippen molar-refractivity contribution in [1.82, 2.24) is 20.4 Å². The zero-order chi connectivity index (χ0) is 20.9. The molecule has 1 fully saturated rings. The molecular weight excluding hydrogens is 400 g/mol. The number of hydrogen-bond acceptors (Lipinski definition) is 5. The fraction of sp³-hybridized carbons (Fsp3) is 0.364. The van der Waals surface area contributed by atoms with Gasteiger partial charge in [0.1, 0.15) is 5.69 Å². The predicted octanol–water partition coefficient (Wildman–Crippen LogP) is 4.01. The van der Waals surface area contributed by atoms with Crippen LogP contribution in [0.3, 0.4) is 0 Å². The Morgan fingerprint density at radius 1 is 1.17 bits per heavy atom. The maximum absolute atomic E-state index is 12.2. The number of methoxy groups -OCH3 is 2. The second-order valence-corrected chi connectivity index (χ2v) is 8.18. The molecule has 0 spiro atoms. The first-order valence-corrected chi connectivity index (χ1v) is 10.9. The van der Waals surface area contributed by atoms with E-state index in [0.717, 1.165) is 11.3 Å². The fourth-order valence-electron chi connectivity index (χ4n) is 3.37. The van der Waals surface area contributed by atoms with E-state index in [0.29, 0.717) is 37.1 Å². The molecule has 2 N–H and O–H groups in total. The van der Waals surface area contributed by atoms with Gasteiger partial charge in [0.15, 0.2) is 11.5 Å². The van der Waals surface area contributed by atoms with Crippen LogP contribution in [0.4, 0.5) is 4.79 Å². The lowest BCUT2D eigenvalue weighted by Crippen LogP contribution is -2.37. The van der Waals surface area contributed by atoms with E-state index in [1.54, 1.807) is 25.6 Å². The summed E-state index contributed by atoms with van der Waals surface area (Å²) in [4.78, 5) is 13.4. The minimum atomic E-state index is -0.205. The van der Waals surface area contributed by atoms with Gasteiger partial charge in [-0.2, -0.15) is 5.10 Å². The Morgan fingerprint density at radius 3 is 2.70 bits per heavy atom. The first-order valence-electron chi connectivity index (χ1n) is 10.0. The summed E-state index contributed by atoms with van der Waals surface area (Å²) in [6.45, 7) is 1.58. The molecule has 1 aliphatic carbocycles. The standard InChI is InChI=1S/C22H26N4O3S/c1-28-19-8-5-15(12-20(19)29-2)14-24-22(27)23-9-10-26-18(16-6-7-16)13-17(25-26)21-4-3-11-30-21/h3-5,8,11-13,16H,6-7,9-10,14H2,1-2H3,(H2,23,24,27). The number of rotatable bonds is 9. The van der Waals surface area contributed by atoms with E-state index < -0.39 is 0 Å². The number of hydrogen-bond donors (Lipinski definition) is 2. The predicted molar refractivity (Wildman–Crippen MR) is 117 cm³/mol. The molecule has 3 aromatic rings. The van der Waals surface area contributed by atoms with Crippen LogP contribution in [0, 0.1) is 0 Å². The van der Waals surface area contributed by atoms with Crippen LogP contribution in [0.2, 0.25) is 0 Å². The number of amides is 2. The van der Waals surface area contributed by atoms with Gasteiger partial charge in [-0.15, -0.1) is 11.3 Å². The quantitative estimate of drug-likeness (QED) is 0.542. The molecule has 0 unspecified atom stereocenters. The van der Waals surface area contributed by atoms with Crippen LogP contribution < -0.4 is 20.1 Å². The maximum Gasteiger partial charge on any atom is 0.315 e. The van der Waals surface area contributed by atoms with Crippen LogP contribution in [-0.2, 0) is 13.1 Å². The summed E-state index contributed by atoms with van der Waals surface area (Å²) in [7, 11) is 3.19. The number of benzene rings is 1. The molecule has 2 aromatic heterocycles. The summed E-state index contributed by atoms with van der Waals surface area (Å²) in [5.74, 6) is 1.91. The van der Waals surface area contributed by atoms with Crippen molar-refractivity contribution in [3.63, 3.8) is 0 Å². The fourth-order valence-corrected chi connectivity index (χ4v) is 4.05. The molecule has 4 rings (SSSR count). The number of carbonyl (C=O) groups excluding carboxylic acids is 1. The van der Waals surface area contributed by atoms with E-state index in [2.05, 4.69) is 28.1 Å². The molecule has 30 heavy (non-hydrogen) atoms. The normalized spacial score (nSPS) is 13.1. The van der Waals surface area contributed by atoms with Crippen molar-refractivity contribution >= 4 is 17.4 Å². The molecule has 0 saturated heterocycles. The molecule has 1 saturated carbocycles. The van der Waals surface area contributed by atoms with Crippen LogP contribution in [0.15, 0.2) is 41.8 Å². The van der Waals surface area contributed by atoms with Gasteiger partial charge >= 0.3 is 6.03 Å². The summed E-state index contributed by atoms with van der Waals surface area (Å²) in [6.07, 6.45) is 2.43. The van der Waals surface area contributed by atoms with Gasteiger partial charge in [0.05, 0.1) is 25.6 Å². The van der Waals surface area contributed by atoms with Crippen molar-refractivity contribution in [3.8, 4) is 22.1 Å². The van der Waals surface area contributed by atoms with E-state index in [1.165, 1.54) is 23.4 Å². The number of urea groups is 1. The van der Waals surface area contributed by atoms with Gasteiger partial charge in [0.2, 0.25) is 0 Å². The van der Waals surface area contributed by atoms with E-state index in [9.17, 15) is 4.79 Å². The summed E-state index contributed by atoms with van der Waals surface area (Å²) in [6, 6.07) is 11.7. The van der Waals surface area contributed by atoms with Gasteiger partial charge in [-0.25, -0.2) is 4.79 Å². The number of carbonyl (C=O) groups is 1. The molecular formula is C22H26N4O3S. The monoisotopic (exact) mass is 426 g/mol. The Bertz CT molecular complexity index is 996. The second kappa shape index (κ2) is 9.21. The van der Waals surface area contributed by atoms with Crippen molar-refractivity contribution in [2.45, 2.75) is 31.8 Å². The Hall–Kier alpha value is -3.00. The zero-order valence-corrected chi connectivity index (χ0v) is 18.0. The Labute approximate surface area is 180 Å². The number of nitrogens with zero attached hydrogens (tertiary/aromatic N) is 2. The second-order valence-electron chi connectivity index (χ2n) is 7.23. The van der Waals surface area contributed by atoms with E-state index in [-0.39, 0.29) is 6.03 Å². The topological polar surface area (TPSA) is 77.4 Å². The summed E-state index contributed by atoms with van der Waals surface area (Å²) >= 11 is 1.70.